The molecule has 27 heavy (non-hydrogen) atoms. The number of carbonyl (C=O) groups excluding carboxylic acids is 2. The molecule has 0 fully saturated rings. The van der Waals surface area contributed by atoms with Crippen LogP contribution in [-0.4, -0.2) is 29.7 Å². The molecule has 7 heteroatoms. The third kappa shape index (κ3) is 4.66. The van der Waals surface area contributed by atoms with Crippen LogP contribution in [0.4, 0.5) is 0 Å². The molecule has 1 N–H and O–H groups in total. The summed E-state index contributed by atoms with van der Waals surface area (Å²) in [5, 5.41) is 3.88. The largest absolute Gasteiger partial charge is 0.462 e. The van der Waals surface area contributed by atoms with Crippen LogP contribution in [0.2, 0.25) is 0 Å². The van der Waals surface area contributed by atoms with Crippen LogP contribution in [0.5, 0.6) is 0 Å². The lowest BCUT2D eigenvalue weighted by atomic mass is 10.1. The van der Waals surface area contributed by atoms with Gasteiger partial charge >= 0.3 is 5.97 Å². The maximum atomic E-state index is 11.9. The monoisotopic (exact) mass is 363 g/mol. The number of nitrogens with zero attached hydrogens (tertiary/aromatic N) is 2. The highest BCUT2D eigenvalue weighted by molar-refractivity contribution is 5.94. The van der Waals surface area contributed by atoms with E-state index >= 15 is 0 Å². The first-order valence-electron chi connectivity index (χ1n) is 8.28. The molecule has 0 atom stereocenters. The normalized spacial score (nSPS) is 10.7. The average Bonchev–Trinajstić information content (AvgIpc) is 3.18. The van der Waals surface area contributed by atoms with Gasteiger partial charge in [-0.2, -0.15) is 5.10 Å². The van der Waals surface area contributed by atoms with Gasteiger partial charge in [0.15, 0.2) is 0 Å². The van der Waals surface area contributed by atoms with Gasteiger partial charge in [-0.25, -0.2) is 10.2 Å². The van der Waals surface area contributed by atoms with Crippen molar-refractivity contribution in [1.29, 1.82) is 0 Å². The van der Waals surface area contributed by atoms with Gasteiger partial charge in [0.2, 0.25) is 0 Å². The maximum absolute atomic E-state index is 11.9. The van der Waals surface area contributed by atoms with Crippen molar-refractivity contribution in [3.63, 3.8) is 0 Å². The van der Waals surface area contributed by atoms with E-state index in [4.69, 9.17) is 9.15 Å². The zero-order valence-corrected chi connectivity index (χ0v) is 14.6. The van der Waals surface area contributed by atoms with Crippen LogP contribution in [0.1, 0.15) is 33.4 Å². The van der Waals surface area contributed by atoms with Crippen LogP contribution >= 0.6 is 0 Å². The molecule has 0 spiro atoms. The lowest BCUT2D eigenvalue weighted by Gasteiger charge is -2.02. The molecular weight excluding hydrogens is 346 g/mol. The Morgan fingerprint density at radius 2 is 1.96 bits per heavy atom. The number of ether oxygens (including phenoxy) is 1. The van der Waals surface area contributed by atoms with Gasteiger partial charge in [0, 0.05) is 18.0 Å². The summed E-state index contributed by atoms with van der Waals surface area (Å²) in [7, 11) is 0. The molecule has 3 aromatic rings. The summed E-state index contributed by atoms with van der Waals surface area (Å²) in [6.07, 6.45) is 4.45. The molecule has 0 aliphatic heterocycles. The Labute approximate surface area is 155 Å². The van der Waals surface area contributed by atoms with Crippen molar-refractivity contribution in [1.82, 2.24) is 10.4 Å². The maximum Gasteiger partial charge on any atom is 0.338 e. The smallest absolute Gasteiger partial charge is 0.338 e. The molecule has 0 saturated carbocycles. The van der Waals surface area contributed by atoms with Gasteiger partial charge in [-0.15, -0.1) is 0 Å². The summed E-state index contributed by atoms with van der Waals surface area (Å²) >= 11 is 0. The molecule has 7 nitrogen and oxygen atoms in total. The first-order chi connectivity index (χ1) is 13.2. The number of hydrogen-bond acceptors (Lipinski definition) is 6. The molecule has 0 aliphatic carbocycles. The van der Waals surface area contributed by atoms with Crippen molar-refractivity contribution >= 4 is 18.1 Å². The number of rotatable bonds is 6. The zero-order valence-electron chi connectivity index (χ0n) is 14.6. The first-order valence-corrected chi connectivity index (χ1v) is 8.28. The summed E-state index contributed by atoms with van der Waals surface area (Å²) in [6.45, 7) is 2.09. The van der Waals surface area contributed by atoms with Crippen molar-refractivity contribution in [2.24, 2.45) is 5.10 Å². The van der Waals surface area contributed by atoms with E-state index in [0.717, 1.165) is 5.56 Å². The molecule has 1 amide bonds. The van der Waals surface area contributed by atoms with Crippen LogP contribution in [0.25, 0.3) is 11.3 Å². The van der Waals surface area contributed by atoms with Gasteiger partial charge in [0.1, 0.15) is 11.5 Å². The van der Waals surface area contributed by atoms with Crippen LogP contribution in [0.3, 0.4) is 0 Å². The Hall–Kier alpha value is -3.74. The Morgan fingerprint density at radius 1 is 1.15 bits per heavy atom. The minimum atomic E-state index is -0.360. The highest BCUT2D eigenvalue weighted by Crippen LogP contribution is 2.22. The van der Waals surface area contributed by atoms with Crippen molar-refractivity contribution < 1.29 is 18.7 Å². The second-order valence-electron chi connectivity index (χ2n) is 5.44. The SMILES string of the molecule is CCOC(=O)c1ccc(-c2ccc(C=NNC(=O)c3cccnc3)o2)cc1. The van der Waals surface area contributed by atoms with Crippen molar-refractivity contribution in [2.45, 2.75) is 6.92 Å². The minimum Gasteiger partial charge on any atom is -0.462 e. The summed E-state index contributed by atoms with van der Waals surface area (Å²) in [4.78, 5) is 27.4. The molecule has 0 unspecified atom stereocenters. The Balaban J connectivity index is 1.63. The van der Waals surface area contributed by atoms with Crippen LogP contribution in [-0.2, 0) is 4.74 Å². The number of hydrazone groups is 1. The molecule has 0 radical (unpaired) electrons. The summed E-state index contributed by atoms with van der Waals surface area (Å²) in [5.41, 5.74) is 4.11. The van der Waals surface area contributed by atoms with Crippen LogP contribution in [0.15, 0.2) is 70.4 Å². The number of benzene rings is 1. The van der Waals surface area contributed by atoms with Crippen LogP contribution < -0.4 is 5.43 Å². The van der Waals surface area contributed by atoms with Gasteiger partial charge in [0.05, 0.1) is 23.9 Å². The molecule has 3 rings (SSSR count). The van der Waals surface area contributed by atoms with E-state index in [1.165, 1.54) is 12.4 Å². The third-order valence-corrected chi connectivity index (χ3v) is 3.59. The summed E-state index contributed by atoms with van der Waals surface area (Å²) in [6, 6.07) is 13.7. The molecule has 0 aliphatic rings. The number of aromatic nitrogens is 1. The fourth-order valence-corrected chi connectivity index (χ4v) is 2.28. The highest BCUT2D eigenvalue weighted by atomic mass is 16.5. The number of amides is 1. The average molecular weight is 363 g/mol. The number of esters is 1. The van der Waals surface area contributed by atoms with E-state index in [0.29, 0.717) is 29.3 Å². The Bertz CT molecular complexity index is 947. The quantitative estimate of drug-likeness (QED) is 0.412. The van der Waals surface area contributed by atoms with E-state index in [1.54, 1.807) is 61.7 Å². The van der Waals surface area contributed by atoms with E-state index in [2.05, 4.69) is 15.5 Å². The van der Waals surface area contributed by atoms with Gasteiger partial charge in [0.25, 0.3) is 5.91 Å². The second kappa shape index (κ2) is 8.57. The molecule has 0 bridgehead atoms. The zero-order chi connectivity index (χ0) is 19.1. The second-order valence-corrected chi connectivity index (χ2v) is 5.44. The van der Waals surface area contributed by atoms with E-state index < -0.39 is 0 Å². The van der Waals surface area contributed by atoms with Gasteiger partial charge in [-0.05, 0) is 43.3 Å². The van der Waals surface area contributed by atoms with E-state index in [1.807, 2.05) is 0 Å². The predicted octanol–water partition coefficient (Wildman–Crippen LogP) is 3.28. The van der Waals surface area contributed by atoms with Gasteiger partial charge < -0.3 is 9.15 Å². The van der Waals surface area contributed by atoms with Gasteiger partial charge in [-0.3, -0.25) is 9.78 Å². The molecular formula is C20H17N3O4. The summed E-state index contributed by atoms with van der Waals surface area (Å²) in [5.74, 6) is 0.373. The van der Waals surface area contributed by atoms with Gasteiger partial charge in [-0.1, -0.05) is 12.1 Å². The lowest BCUT2D eigenvalue weighted by molar-refractivity contribution is 0.0526. The minimum absolute atomic E-state index is 0.332. The molecule has 2 heterocycles. The number of furan rings is 1. The molecule has 0 saturated heterocycles. The summed E-state index contributed by atoms with van der Waals surface area (Å²) < 4.78 is 10.6. The van der Waals surface area contributed by atoms with Crippen molar-refractivity contribution in [2.75, 3.05) is 6.61 Å². The van der Waals surface area contributed by atoms with Crippen molar-refractivity contribution in [3.05, 3.63) is 77.8 Å². The fourth-order valence-electron chi connectivity index (χ4n) is 2.28. The number of carbonyl (C=O) groups is 2. The van der Waals surface area contributed by atoms with Crippen LogP contribution in [0, 0.1) is 0 Å². The highest BCUT2D eigenvalue weighted by Gasteiger charge is 2.08. The molecule has 2 aromatic heterocycles. The van der Waals surface area contributed by atoms with E-state index in [-0.39, 0.29) is 11.9 Å². The first kappa shape index (κ1) is 18.1. The Morgan fingerprint density at radius 3 is 2.67 bits per heavy atom. The topological polar surface area (TPSA) is 93.8 Å². The number of pyridine rings is 1. The molecule has 1 aromatic carbocycles. The lowest BCUT2D eigenvalue weighted by Crippen LogP contribution is -2.17. The number of nitrogens with one attached hydrogen (secondary N) is 1. The van der Waals surface area contributed by atoms with E-state index in [9.17, 15) is 9.59 Å². The molecule has 136 valence electrons. The predicted molar refractivity (Wildman–Crippen MR) is 99.4 cm³/mol. The third-order valence-electron chi connectivity index (χ3n) is 3.59. The Kier molecular flexibility index (Phi) is 5.73. The van der Waals surface area contributed by atoms with Crippen molar-refractivity contribution in [3.8, 4) is 11.3 Å². The number of hydrogen-bond donors (Lipinski definition) is 1. The standard InChI is InChI=1S/C20H17N3O4/c1-2-26-20(25)15-7-5-14(6-8-15)18-10-9-17(27-18)13-22-23-19(24)16-4-3-11-21-12-16/h3-13H,2H2,1H3,(H,23,24). The fraction of sp³-hybridized carbons (Fsp3) is 0.100.